The predicted octanol–water partition coefficient (Wildman–Crippen LogP) is 4.17. The summed E-state index contributed by atoms with van der Waals surface area (Å²) in [5.74, 6) is -0.190. The van der Waals surface area contributed by atoms with Crippen molar-refractivity contribution >= 4 is 5.91 Å². The zero-order valence-corrected chi connectivity index (χ0v) is 13.4. The van der Waals surface area contributed by atoms with Crippen LogP contribution in [0.5, 0.6) is 0 Å². The van der Waals surface area contributed by atoms with E-state index in [2.05, 4.69) is 20.8 Å². The second-order valence-corrected chi connectivity index (χ2v) is 8.11. The fraction of sp³-hybridized carbons (Fsp3) is 0.611. The number of rotatable bonds is 1. The van der Waals surface area contributed by atoms with Crippen molar-refractivity contribution in [2.24, 2.45) is 10.8 Å². The number of hydrogen-bond donors (Lipinski definition) is 0. The highest BCUT2D eigenvalue weighted by molar-refractivity contribution is 5.95. The third-order valence-electron chi connectivity index (χ3n) is 5.08. The topological polar surface area (TPSA) is 20.3 Å². The summed E-state index contributed by atoms with van der Waals surface area (Å²) in [5, 5.41) is 0. The third kappa shape index (κ3) is 2.58. The number of fused-ring (bicyclic) bond motifs is 2. The molecule has 1 amide bonds. The minimum absolute atomic E-state index is 0.0597. The van der Waals surface area contributed by atoms with Gasteiger partial charge in [-0.3, -0.25) is 4.79 Å². The van der Waals surface area contributed by atoms with Gasteiger partial charge >= 0.3 is 0 Å². The molecule has 1 aromatic carbocycles. The molecule has 114 valence electrons. The second-order valence-electron chi connectivity index (χ2n) is 8.11. The van der Waals surface area contributed by atoms with Crippen molar-refractivity contribution in [3.63, 3.8) is 0 Å². The number of amides is 1. The number of carbonyl (C=O) groups excluding carboxylic acids is 1. The predicted molar refractivity (Wildman–Crippen MR) is 81.7 cm³/mol. The molecule has 2 bridgehead atoms. The van der Waals surface area contributed by atoms with Crippen molar-refractivity contribution in [1.82, 2.24) is 4.90 Å². The number of aryl methyl sites for hydroxylation is 1. The van der Waals surface area contributed by atoms with Crippen LogP contribution in [-0.2, 0) is 0 Å². The lowest BCUT2D eigenvalue weighted by atomic mass is 9.65. The van der Waals surface area contributed by atoms with Crippen molar-refractivity contribution in [1.29, 1.82) is 0 Å². The van der Waals surface area contributed by atoms with Crippen LogP contribution in [-0.4, -0.2) is 23.4 Å². The third-order valence-corrected chi connectivity index (χ3v) is 5.08. The van der Waals surface area contributed by atoms with Gasteiger partial charge in [0, 0.05) is 18.2 Å². The Labute approximate surface area is 126 Å². The van der Waals surface area contributed by atoms with Gasteiger partial charge < -0.3 is 4.90 Å². The van der Waals surface area contributed by atoms with Gasteiger partial charge in [-0.05, 0) is 60.8 Å². The molecule has 2 nitrogen and oxygen atoms in total. The zero-order valence-electron chi connectivity index (χ0n) is 13.4. The molecule has 1 aliphatic carbocycles. The van der Waals surface area contributed by atoms with Gasteiger partial charge in [-0.15, -0.1) is 0 Å². The summed E-state index contributed by atoms with van der Waals surface area (Å²) >= 11 is 0. The summed E-state index contributed by atoms with van der Waals surface area (Å²) in [4.78, 5) is 14.8. The number of halogens is 1. The first-order valence-corrected chi connectivity index (χ1v) is 7.76. The van der Waals surface area contributed by atoms with Gasteiger partial charge in [0.05, 0.1) is 0 Å². The molecule has 2 aliphatic rings. The smallest absolute Gasteiger partial charge is 0.254 e. The Hall–Kier alpha value is -1.38. The van der Waals surface area contributed by atoms with Crippen LogP contribution in [0.4, 0.5) is 4.39 Å². The van der Waals surface area contributed by atoms with E-state index in [4.69, 9.17) is 0 Å². The van der Waals surface area contributed by atoms with Crippen LogP contribution >= 0.6 is 0 Å². The average molecular weight is 289 g/mol. The highest BCUT2D eigenvalue weighted by Gasteiger charge is 2.50. The van der Waals surface area contributed by atoms with Crippen LogP contribution in [0.25, 0.3) is 0 Å². The van der Waals surface area contributed by atoms with E-state index in [0.29, 0.717) is 22.6 Å². The lowest BCUT2D eigenvalue weighted by Gasteiger charge is -2.39. The molecule has 2 unspecified atom stereocenters. The number of carbonyl (C=O) groups is 1. The maximum absolute atomic E-state index is 13.4. The van der Waals surface area contributed by atoms with E-state index in [9.17, 15) is 9.18 Å². The molecule has 0 spiro atoms. The van der Waals surface area contributed by atoms with Crippen molar-refractivity contribution in [3.05, 3.63) is 35.1 Å². The van der Waals surface area contributed by atoms with Gasteiger partial charge in [0.15, 0.2) is 0 Å². The molecule has 0 radical (unpaired) electrons. The molecular formula is C18H24FNO. The molecule has 3 rings (SSSR count). The quantitative estimate of drug-likeness (QED) is 0.759. The molecule has 0 aromatic heterocycles. The van der Waals surface area contributed by atoms with E-state index in [-0.39, 0.29) is 17.1 Å². The van der Waals surface area contributed by atoms with E-state index in [1.54, 1.807) is 19.1 Å². The average Bonchev–Trinajstić information content (AvgIpc) is 2.61. The Morgan fingerprint density at radius 3 is 2.67 bits per heavy atom. The molecule has 0 N–H and O–H groups in total. The number of hydrogen-bond acceptors (Lipinski definition) is 1. The fourth-order valence-electron chi connectivity index (χ4n) is 4.64. The van der Waals surface area contributed by atoms with Crippen LogP contribution in [0.2, 0.25) is 0 Å². The van der Waals surface area contributed by atoms with E-state index in [1.165, 1.54) is 12.5 Å². The Balaban J connectivity index is 1.87. The molecule has 1 aromatic rings. The lowest BCUT2D eigenvalue weighted by molar-refractivity contribution is 0.0708. The van der Waals surface area contributed by atoms with Gasteiger partial charge in [0.1, 0.15) is 5.82 Å². The summed E-state index contributed by atoms with van der Waals surface area (Å²) in [5.41, 5.74) is 1.68. The largest absolute Gasteiger partial charge is 0.335 e. The van der Waals surface area contributed by atoms with Crippen molar-refractivity contribution in [2.75, 3.05) is 6.54 Å². The molecular weight excluding hydrogens is 265 g/mol. The van der Waals surface area contributed by atoms with Crippen molar-refractivity contribution < 1.29 is 9.18 Å². The van der Waals surface area contributed by atoms with Crippen LogP contribution < -0.4 is 0 Å². The Morgan fingerprint density at radius 2 is 2.00 bits per heavy atom. The highest BCUT2D eigenvalue weighted by Crippen LogP contribution is 2.52. The van der Waals surface area contributed by atoms with Crippen LogP contribution in [0, 0.1) is 23.6 Å². The van der Waals surface area contributed by atoms with Gasteiger partial charge in [0.25, 0.3) is 5.91 Å². The summed E-state index contributed by atoms with van der Waals surface area (Å²) < 4.78 is 13.4. The molecule has 2 atom stereocenters. The second kappa shape index (κ2) is 4.56. The molecule has 1 saturated carbocycles. The maximum Gasteiger partial charge on any atom is 0.254 e. The Bertz CT molecular complexity index is 595. The maximum atomic E-state index is 13.4. The first kappa shape index (κ1) is 14.6. The summed E-state index contributed by atoms with van der Waals surface area (Å²) in [6.45, 7) is 9.43. The first-order valence-electron chi connectivity index (χ1n) is 7.76. The zero-order chi connectivity index (χ0) is 15.4. The van der Waals surface area contributed by atoms with E-state index < -0.39 is 0 Å². The number of benzene rings is 1. The van der Waals surface area contributed by atoms with Crippen LogP contribution in [0.3, 0.4) is 0 Å². The minimum atomic E-state index is -0.250. The summed E-state index contributed by atoms with van der Waals surface area (Å²) in [6.07, 6.45) is 3.33. The van der Waals surface area contributed by atoms with Crippen molar-refractivity contribution in [3.8, 4) is 0 Å². The van der Waals surface area contributed by atoms with Crippen LogP contribution in [0.15, 0.2) is 18.2 Å². The van der Waals surface area contributed by atoms with E-state index in [0.717, 1.165) is 19.4 Å². The molecule has 3 heteroatoms. The van der Waals surface area contributed by atoms with E-state index >= 15 is 0 Å². The van der Waals surface area contributed by atoms with Gasteiger partial charge in [-0.1, -0.05) is 20.8 Å². The standard InChI is InChI=1S/C18H24FNO/c1-12-7-13(5-6-15(12)19)16(21)20-11-18(4)9-14(20)8-17(2,3)10-18/h5-7,14H,8-11H2,1-4H3. The van der Waals surface area contributed by atoms with Gasteiger partial charge in [-0.2, -0.15) is 0 Å². The van der Waals surface area contributed by atoms with E-state index in [1.807, 2.05) is 4.90 Å². The lowest BCUT2D eigenvalue weighted by Crippen LogP contribution is -2.37. The molecule has 21 heavy (non-hydrogen) atoms. The Morgan fingerprint density at radius 1 is 1.29 bits per heavy atom. The summed E-state index contributed by atoms with van der Waals surface area (Å²) in [6, 6.07) is 5.01. The monoisotopic (exact) mass is 289 g/mol. The number of nitrogens with zero attached hydrogens (tertiary/aromatic N) is 1. The molecule has 2 fully saturated rings. The molecule has 1 saturated heterocycles. The van der Waals surface area contributed by atoms with Gasteiger partial charge in [0.2, 0.25) is 0 Å². The fourth-order valence-corrected chi connectivity index (χ4v) is 4.64. The SMILES string of the molecule is Cc1cc(C(=O)N2CC3(C)CC2CC(C)(C)C3)ccc1F. The molecule has 1 aliphatic heterocycles. The van der Waals surface area contributed by atoms with Crippen LogP contribution in [0.1, 0.15) is 56.0 Å². The summed E-state index contributed by atoms with van der Waals surface area (Å²) in [7, 11) is 0. The highest BCUT2D eigenvalue weighted by atomic mass is 19.1. The normalized spacial score (nSPS) is 30.5. The minimum Gasteiger partial charge on any atom is -0.335 e. The Kier molecular flexibility index (Phi) is 3.16. The van der Waals surface area contributed by atoms with Gasteiger partial charge in [-0.25, -0.2) is 4.39 Å². The van der Waals surface area contributed by atoms with Crippen molar-refractivity contribution in [2.45, 2.75) is 53.0 Å². The first-order chi connectivity index (χ1) is 9.69. The number of likely N-dealkylation sites (tertiary alicyclic amines) is 1. The molecule has 1 heterocycles.